The van der Waals surface area contributed by atoms with E-state index in [4.69, 9.17) is 6.42 Å². The highest BCUT2D eigenvalue weighted by Crippen LogP contribution is 2.19. The van der Waals surface area contributed by atoms with Crippen LogP contribution in [-0.4, -0.2) is 18.0 Å². The molecule has 1 heteroatoms. The second-order valence-corrected chi connectivity index (χ2v) is 3.75. The zero-order chi connectivity index (χ0) is 9.97. The lowest BCUT2D eigenvalue weighted by Crippen LogP contribution is -2.30. The van der Waals surface area contributed by atoms with Gasteiger partial charge in [-0.25, -0.2) is 0 Å². The molecule has 1 aromatic rings. The highest BCUT2D eigenvalue weighted by Gasteiger charge is 2.14. The molecule has 0 unspecified atom stereocenters. The van der Waals surface area contributed by atoms with Crippen LogP contribution < -0.4 is 0 Å². The Morgan fingerprint density at radius 1 is 1.43 bits per heavy atom. The highest BCUT2D eigenvalue weighted by atomic mass is 15.1. The molecule has 2 rings (SSSR count). The summed E-state index contributed by atoms with van der Waals surface area (Å²) in [6.07, 6.45) is 6.51. The topological polar surface area (TPSA) is 3.24 Å². The number of benzene rings is 1. The average molecular weight is 185 g/mol. The molecule has 0 fully saturated rings. The summed E-state index contributed by atoms with van der Waals surface area (Å²) < 4.78 is 0. The molecule has 0 saturated heterocycles. The smallest absolute Gasteiger partial charge is 0.0245 e. The normalized spacial score (nSPS) is 16.0. The number of likely N-dealkylation sites (N-methyl/N-ethyl adjacent to an activating group) is 1. The van der Waals surface area contributed by atoms with E-state index in [1.165, 1.54) is 11.1 Å². The molecule has 0 saturated carbocycles. The average Bonchev–Trinajstić information content (AvgIpc) is 2.27. The van der Waals surface area contributed by atoms with Gasteiger partial charge < -0.3 is 0 Å². The van der Waals surface area contributed by atoms with E-state index in [9.17, 15) is 0 Å². The van der Waals surface area contributed by atoms with Gasteiger partial charge in [-0.05, 0) is 36.2 Å². The summed E-state index contributed by atoms with van der Waals surface area (Å²) in [6.45, 7) is 5.59. The Balaban J connectivity index is 2.29. The summed E-state index contributed by atoms with van der Waals surface area (Å²) in [5.41, 5.74) is 3.89. The van der Waals surface area contributed by atoms with Crippen molar-refractivity contribution in [2.75, 3.05) is 13.1 Å². The Hall–Kier alpha value is -1.26. The lowest BCUT2D eigenvalue weighted by molar-refractivity contribution is 0.268. The Labute approximate surface area is 85.7 Å². The maximum atomic E-state index is 5.38. The predicted molar refractivity (Wildman–Crippen MR) is 59.0 cm³/mol. The van der Waals surface area contributed by atoms with E-state index >= 15 is 0 Å². The van der Waals surface area contributed by atoms with Crippen molar-refractivity contribution >= 4 is 0 Å². The standard InChI is InChI=1S/C13H15N/c1-3-11-5-6-13-10-14(4-2)8-7-12(13)9-11/h1,5-6,9H,4,7-8,10H2,2H3. The molecule has 1 nitrogen and oxygen atoms in total. The van der Waals surface area contributed by atoms with E-state index in [0.29, 0.717) is 0 Å². The zero-order valence-electron chi connectivity index (χ0n) is 8.59. The summed E-state index contributed by atoms with van der Waals surface area (Å²) in [5, 5.41) is 0. The minimum atomic E-state index is 1.01. The van der Waals surface area contributed by atoms with Gasteiger partial charge in [0.25, 0.3) is 0 Å². The fraction of sp³-hybridized carbons (Fsp3) is 0.385. The highest BCUT2D eigenvalue weighted by molar-refractivity contribution is 5.40. The van der Waals surface area contributed by atoms with Gasteiger partial charge in [-0.2, -0.15) is 0 Å². The first kappa shape index (κ1) is 9.30. The van der Waals surface area contributed by atoms with Gasteiger partial charge in [0.1, 0.15) is 0 Å². The van der Waals surface area contributed by atoms with E-state index in [2.05, 4.69) is 29.9 Å². The largest absolute Gasteiger partial charge is 0.299 e. The predicted octanol–water partition coefficient (Wildman–Crippen LogP) is 2.05. The molecule has 1 aliphatic heterocycles. The fourth-order valence-electron chi connectivity index (χ4n) is 1.97. The number of rotatable bonds is 1. The van der Waals surface area contributed by atoms with Gasteiger partial charge in [-0.15, -0.1) is 6.42 Å². The lowest BCUT2D eigenvalue weighted by Gasteiger charge is -2.27. The Morgan fingerprint density at radius 3 is 3.00 bits per heavy atom. The molecule has 0 spiro atoms. The SMILES string of the molecule is C#Cc1ccc2c(c1)CCN(CC)C2. The van der Waals surface area contributed by atoms with Crippen LogP contribution in [0.2, 0.25) is 0 Å². The van der Waals surface area contributed by atoms with Crippen LogP contribution in [-0.2, 0) is 13.0 Å². The Kier molecular flexibility index (Phi) is 2.56. The zero-order valence-corrected chi connectivity index (χ0v) is 8.59. The van der Waals surface area contributed by atoms with Gasteiger partial charge in [0.05, 0.1) is 0 Å². The molecule has 1 aromatic carbocycles. The van der Waals surface area contributed by atoms with Crippen molar-refractivity contribution in [3.8, 4) is 12.3 Å². The summed E-state index contributed by atoms with van der Waals surface area (Å²) in [4.78, 5) is 2.46. The van der Waals surface area contributed by atoms with Crippen molar-refractivity contribution in [1.82, 2.24) is 4.90 Å². The first-order chi connectivity index (χ1) is 6.83. The summed E-state index contributed by atoms with van der Waals surface area (Å²) in [5.74, 6) is 2.69. The van der Waals surface area contributed by atoms with Crippen LogP contribution in [0.4, 0.5) is 0 Å². The van der Waals surface area contributed by atoms with Crippen LogP contribution in [0.15, 0.2) is 18.2 Å². The van der Waals surface area contributed by atoms with Gasteiger partial charge in [-0.1, -0.05) is 18.9 Å². The van der Waals surface area contributed by atoms with Crippen molar-refractivity contribution in [2.45, 2.75) is 19.9 Å². The number of hydrogen-bond acceptors (Lipinski definition) is 1. The number of nitrogens with zero attached hydrogens (tertiary/aromatic N) is 1. The van der Waals surface area contributed by atoms with Crippen molar-refractivity contribution in [1.29, 1.82) is 0 Å². The molecule has 0 atom stereocenters. The molecular weight excluding hydrogens is 170 g/mol. The molecule has 1 heterocycles. The van der Waals surface area contributed by atoms with Crippen LogP contribution >= 0.6 is 0 Å². The molecule has 0 radical (unpaired) electrons. The van der Waals surface area contributed by atoms with Crippen LogP contribution in [0.1, 0.15) is 23.6 Å². The summed E-state index contributed by atoms with van der Waals surface area (Å²) in [6, 6.07) is 6.37. The minimum absolute atomic E-state index is 1.01. The molecule has 0 amide bonds. The van der Waals surface area contributed by atoms with Crippen molar-refractivity contribution in [3.05, 3.63) is 34.9 Å². The third-order valence-electron chi connectivity index (χ3n) is 2.91. The van der Waals surface area contributed by atoms with Gasteiger partial charge in [0, 0.05) is 18.7 Å². The molecular formula is C13H15N. The van der Waals surface area contributed by atoms with Gasteiger partial charge in [0.15, 0.2) is 0 Å². The third-order valence-corrected chi connectivity index (χ3v) is 2.91. The Bertz CT molecular complexity index is 373. The summed E-state index contributed by atoms with van der Waals surface area (Å²) >= 11 is 0. The van der Waals surface area contributed by atoms with E-state index < -0.39 is 0 Å². The molecule has 0 aromatic heterocycles. The first-order valence-corrected chi connectivity index (χ1v) is 5.14. The van der Waals surface area contributed by atoms with Crippen molar-refractivity contribution in [3.63, 3.8) is 0 Å². The van der Waals surface area contributed by atoms with E-state index in [0.717, 1.165) is 31.6 Å². The maximum Gasteiger partial charge on any atom is 0.0245 e. The second kappa shape index (κ2) is 3.86. The van der Waals surface area contributed by atoms with Crippen LogP contribution in [0.5, 0.6) is 0 Å². The van der Waals surface area contributed by atoms with Gasteiger partial charge >= 0.3 is 0 Å². The van der Waals surface area contributed by atoms with E-state index in [1.54, 1.807) is 0 Å². The first-order valence-electron chi connectivity index (χ1n) is 5.14. The molecule has 1 aliphatic rings. The van der Waals surface area contributed by atoms with Crippen molar-refractivity contribution < 1.29 is 0 Å². The quantitative estimate of drug-likeness (QED) is 0.605. The van der Waals surface area contributed by atoms with Gasteiger partial charge in [-0.3, -0.25) is 4.90 Å². The van der Waals surface area contributed by atoms with Crippen LogP contribution in [0.3, 0.4) is 0 Å². The van der Waals surface area contributed by atoms with Gasteiger partial charge in [0.2, 0.25) is 0 Å². The molecule has 72 valence electrons. The number of hydrogen-bond donors (Lipinski definition) is 0. The van der Waals surface area contributed by atoms with Crippen LogP contribution in [0.25, 0.3) is 0 Å². The van der Waals surface area contributed by atoms with Crippen LogP contribution in [0, 0.1) is 12.3 Å². The minimum Gasteiger partial charge on any atom is -0.299 e. The molecule has 14 heavy (non-hydrogen) atoms. The molecule has 0 bridgehead atoms. The molecule has 0 aliphatic carbocycles. The lowest BCUT2D eigenvalue weighted by atomic mass is 9.97. The monoisotopic (exact) mass is 185 g/mol. The Morgan fingerprint density at radius 2 is 2.29 bits per heavy atom. The van der Waals surface area contributed by atoms with E-state index in [1.807, 2.05) is 6.07 Å². The molecule has 0 N–H and O–H groups in total. The second-order valence-electron chi connectivity index (χ2n) is 3.75. The summed E-state index contributed by atoms with van der Waals surface area (Å²) in [7, 11) is 0. The number of terminal acetylenes is 1. The fourth-order valence-corrected chi connectivity index (χ4v) is 1.97. The maximum absolute atomic E-state index is 5.38. The third kappa shape index (κ3) is 1.66. The number of fused-ring (bicyclic) bond motifs is 1. The van der Waals surface area contributed by atoms with E-state index in [-0.39, 0.29) is 0 Å². The van der Waals surface area contributed by atoms with Crippen molar-refractivity contribution in [2.24, 2.45) is 0 Å².